The normalized spacial score (nSPS) is 22.7. The molecule has 21 heavy (non-hydrogen) atoms. The number of methoxy groups -OCH3 is 1. The van der Waals surface area contributed by atoms with Gasteiger partial charge in [0.05, 0.1) is 18.1 Å². The van der Waals surface area contributed by atoms with Gasteiger partial charge in [-0.3, -0.25) is 11.3 Å². The molecule has 0 amide bonds. The highest BCUT2D eigenvalue weighted by molar-refractivity contribution is 7.92. The Morgan fingerprint density at radius 2 is 2.24 bits per heavy atom. The summed E-state index contributed by atoms with van der Waals surface area (Å²) in [5, 5.41) is 0.132. The molecule has 0 saturated carbocycles. The van der Waals surface area contributed by atoms with Gasteiger partial charge in [0.25, 0.3) is 0 Å². The zero-order valence-electron chi connectivity index (χ0n) is 12.0. The summed E-state index contributed by atoms with van der Waals surface area (Å²) < 4.78 is 29.8. The van der Waals surface area contributed by atoms with Crippen molar-refractivity contribution in [3.63, 3.8) is 0 Å². The fraction of sp³-hybridized carbons (Fsp3) is 0.571. The number of nitrogens with two attached hydrogens (primary N) is 1. The number of sulfone groups is 1. The Balaban J connectivity index is 2.25. The number of nitrogens with one attached hydrogen (secondary N) is 1. The number of hydrazine groups is 1. The Morgan fingerprint density at radius 3 is 2.86 bits per heavy atom. The van der Waals surface area contributed by atoms with Crippen LogP contribution >= 0.6 is 11.6 Å². The van der Waals surface area contributed by atoms with Gasteiger partial charge in [0.15, 0.2) is 9.84 Å². The first-order valence-corrected chi connectivity index (χ1v) is 9.07. The minimum absolute atomic E-state index is 0.239. The second-order valence-electron chi connectivity index (χ2n) is 5.33. The molecule has 1 heterocycles. The number of hydrogen-bond acceptors (Lipinski definition) is 5. The van der Waals surface area contributed by atoms with E-state index in [1.54, 1.807) is 25.3 Å². The zero-order chi connectivity index (χ0) is 15.5. The monoisotopic (exact) mass is 332 g/mol. The van der Waals surface area contributed by atoms with Crippen molar-refractivity contribution in [1.82, 2.24) is 5.43 Å². The van der Waals surface area contributed by atoms with Crippen LogP contribution in [0.2, 0.25) is 5.02 Å². The fourth-order valence-corrected chi connectivity index (χ4v) is 5.18. The second kappa shape index (κ2) is 6.96. The van der Waals surface area contributed by atoms with E-state index in [1.807, 2.05) is 0 Å². The van der Waals surface area contributed by atoms with Gasteiger partial charge >= 0.3 is 0 Å². The van der Waals surface area contributed by atoms with E-state index in [2.05, 4.69) is 5.43 Å². The smallest absolute Gasteiger partial charge is 0.154 e. The number of halogens is 1. The van der Waals surface area contributed by atoms with E-state index in [0.29, 0.717) is 23.6 Å². The highest BCUT2D eigenvalue weighted by atomic mass is 35.5. The molecular formula is C14H21ClN2O3S. The summed E-state index contributed by atoms with van der Waals surface area (Å²) >= 11 is 6.02. The Hall–Kier alpha value is -0.820. The average Bonchev–Trinajstić information content (AvgIpc) is 2.45. The summed E-state index contributed by atoms with van der Waals surface area (Å²) in [6.07, 6.45) is 2.75. The van der Waals surface area contributed by atoms with Gasteiger partial charge in [-0.15, -0.1) is 0 Å². The molecule has 0 aliphatic carbocycles. The zero-order valence-corrected chi connectivity index (χ0v) is 13.6. The van der Waals surface area contributed by atoms with Crippen LogP contribution in [0.1, 0.15) is 24.8 Å². The number of benzene rings is 1. The molecule has 3 N–H and O–H groups in total. The molecule has 2 rings (SSSR count). The van der Waals surface area contributed by atoms with E-state index < -0.39 is 15.1 Å². The third-order valence-corrected chi connectivity index (χ3v) is 6.55. The number of ether oxygens (including phenoxy) is 1. The second-order valence-corrected chi connectivity index (χ2v) is 8.11. The highest BCUT2D eigenvalue weighted by Gasteiger charge is 2.35. The third kappa shape index (κ3) is 3.88. The highest BCUT2D eigenvalue weighted by Crippen LogP contribution is 2.28. The summed E-state index contributed by atoms with van der Waals surface area (Å²) in [6, 6.07) is 4.97. The molecular weight excluding hydrogens is 312 g/mol. The molecule has 2 atom stereocenters. The van der Waals surface area contributed by atoms with Crippen LogP contribution in [0.5, 0.6) is 5.75 Å². The van der Waals surface area contributed by atoms with Gasteiger partial charge in [0.2, 0.25) is 0 Å². The van der Waals surface area contributed by atoms with Gasteiger partial charge in [0, 0.05) is 11.1 Å². The van der Waals surface area contributed by atoms with Gasteiger partial charge < -0.3 is 4.74 Å². The maximum Gasteiger partial charge on any atom is 0.154 e. The molecule has 0 spiro atoms. The first kappa shape index (κ1) is 16.5. The van der Waals surface area contributed by atoms with Crippen LogP contribution in [0.3, 0.4) is 0 Å². The van der Waals surface area contributed by atoms with Crippen LogP contribution < -0.4 is 16.0 Å². The van der Waals surface area contributed by atoms with Crippen molar-refractivity contribution in [2.45, 2.75) is 37.0 Å². The molecule has 0 radical (unpaired) electrons. The predicted octanol–water partition coefficient (Wildman–Crippen LogP) is 1.69. The maximum absolute atomic E-state index is 12.2. The van der Waals surface area contributed by atoms with Gasteiger partial charge in [0.1, 0.15) is 5.75 Å². The molecule has 1 fully saturated rings. The fourth-order valence-electron chi connectivity index (χ4n) is 2.87. The minimum Gasteiger partial charge on any atom is -0.496 e. The molecule has 7 heteroatoms. The molecule has 0 aromatic heterocycles. The lowest BCUT2D eigenvalue weighted by Gasteiger charge is -2.30. The molecule has 1 aromatic rings. The van der Waals surface area contributed by atoms with Gasteiger partial charge in [-0.1, -0.05) is 18.0 Å². The van der Waals surface area contributed by atoms with E-state index in [0.717, 1.165) is 18.4 Å². The van der Waals surface area contributed by atoms with E-state index >= 15 is 0 Å². The summed E-state index contributed by atoms with van der Waals surface area (Å²) in [7, 11) is -1.52. The molecule has 1 aromatic carbocycles. The van der Waals surface area contributed by atoms with Crippen molar-refractivity contribution < 1.29 is 13.2 Å². The van der Waals surface area contributed by atoms with Crippen molar-refractivity contribution in [1.29, 1.82) is 0 Å². The molecule has 2 unspecified atom stereocenters. The van der Waals surface area contributed by atoms with E-state index in [1.165, 1.54) is 0 Å². The van der Waals surface area contributed by atoms with E-state index in [9.17, 15) is 8.42 Å². The van der Waals surface area contributed by atoms with Crippen molar-refractivity contribution >= 4 is 21.4 Å². The summed E-state index contributed by atoms with van der Waals surface area (Å²) in [5.74, 6) is 6.54. The van der Waals surface area contributed by atoms with Crippen LogP contribution in [0.25, 0.3) is 0 Å². The van der Waals surface area contributed by atoms with Crippen LogP contribution in [0.15, 0.2) is 18.2 Å². The summed E-state index contributed by atoms with van der Waals surface area (Å²) in [4.78, 5) is 0. The van der Waals surface area contributed by atoms with Crippen molar-refractivity contribution in [3.05, 3.63) is 28.8 Å². The number of rotatable bonds is 5. The third-order valence-electron chi connectivity index (χ3n) is 3.97. The predicted molar refractivity (Wildman–Crippen MR) is 84.2 cm³/mol. The largest absolute Gasteiger partial charge is 0.496 e. The molecule has 1 aliphatic heterocycles. The quantitative estimate of drug-likeness (QED) is 0.633. The lowest BCUT2D eigenvalue weighted by atomic mass is 9.99. The average molecular weight is 333 g/mol. The standard InChI is InChI=1S/C14H21ClN2O3S/c1-20-13-6-5-11(15)8-10(13)9-12(17-16)14-4-2-3-7-21(14,18)19/h5-6,8,12,14,17H,2-4,7,9,16H2,1H3. The van der Waals surface area contributed by atoms with Gasteiger partial charge in [-0.25, -0.2) is 8.42 Å². The minimum atomic E-state index is -3.10. The van der Waals surface area contributed by atoms with Crippen LogP contribution in [0, 0.1) is 0 Å². The maximum atomic E-state index is 12.2. The van der Waals surface area contributed by atoms with Gasteiger partial charge in [-0.05, 0) is 43.0 Å². The van der Waals surface area contributed by atoms with E-state index in [-0.39, 0.29) is 11.8 Å². The van der Waals surface area contributed by atoms with Gasteiger partial charge in [-0.2, -0.15) is 0 Å². The topological polar surface area (TPSA) is 81.4 Å². The SMILES string of the molecule is COc1ccc(Cl)cc1CC(NN)C1CCCCS1(=O)=O. The molecule has 1 saturated heterocycles. The van der Waals surface area contributed by atoms with Crippen molar-refractivity contribution in [3.8, 4) is 5.75 Å². The Labute approximate surface area is 130 Å². The Bertz CT molecular complexity index is 592. The van der Waals surface area contributed by atoms with Crippen LogP contribution in [-0.2, 0) is 16.3 Å². The molecule has 5 nitrogen and oxygen atoms in total. The summed E-state index contributed by atoms with van der Waals surface area (Å²) in [5.41, 5.74) is 3.52. The lowest BCUT2D eigenvalue weighted by molar-refractivity contribution is 0.398. The lowest BCUT2D eigenvalue weighted by Crippen LogP contribution is -2.50. The van der Waals surface area contributed by atoms with Crippen molar-refractivity contribution in [2.24, 2.45) is 5.84 Å². The van der Waals surface area contributed by atoms with E-state index in [4.69, 9.17) is 22.2 Å². The van der Waals surface area contributed by atoms with Crippen LogP contribution in [0.4, 0.5) is 0 Å². The Morgan fingerprint density at radius 1 is 1.48 bits per heavy atom. The summed E-state index contributed by atoms with van der Waals surface area (Å²) in [6.45, 7) is 0. The molecule has 118 valence electrons. The van der Waals surface area contributed by atoms with Crippen molar-refractivity contribution in [2.75, 3.05) is 12.9 Å². The molecule has 0 bridgehead atoms. The number of hydrogen-bond donors (Lipinski definition) is 2. The van der Waals surface area contributed by atoms with Crippen LogP contribution in [-0.4, -0.2) is 32.6 Å². The first-order chi connectivity index (χ1) is 9.97. The Kier molecular flexibility index (Phi) is 5.48. The first-order valence-electron chi connectivity index (χ1n) is 6.98. The molecule has 1 aliphatic rings.